The lowest BCUT2D eigenvalue weighted by Crippen LogP contribution is -2.27. The van der Waals surface area contributed by atoms with Crippen molar-refractivity contribution in [2.24, 2.45) is 5.92 Å². The number of para-hydroxylation sites is 1. The summed E-state index contributed by atoms with van der Waals surface area (Å²) in [6.07, 6.45) is 6.59. The van der Waals surface area contributed by atoms with Crippen LogP contribution < -0.4 is 0 Å². The molecule has 2 nitrogen and oxygen atoms in total. The molecule has 1 aromatic heterocycles. The molecule has 5 heteroatoms. The molecule has 0 N–H and O–H groups in total. The summed E-state index contributed by atoms with van der Waals surface area (Å²) in [6.45, 7) is 2.41. The van der Waals surface area contributed by atoms with Crippen molar-refractivity contribution in [1.29, 1.82) is 0 Å². The number of thiazole rings is 1. The number of nitrogens with zero attached hydrogens (tertiary/aromatic N) is 2. The molecule has 1 aliphatic heterocycles. The lowest BCUT2D eigenvalue weighted by molar-refractivity contribution is 0.277. The van der Waals surface area contributed by atoms with Crippen molar-refractivity contribution < 1.29 is 0 Å². The lowest BCUT2D eigenvalue weighted by Gasteiger charge is -2.30. The van der Waals surface area contributed by atoms with E-state index in [0.29, 0.717) is 0 Å². The second kappa shape index (κ2) is 9.27. The molecule has 0 amide bonds. The third kappa shape index (κ3) is 5.03. The summed E-state index contributed by atoms with van der Waals surface area (Å²) in [6, 6.07) is 19.3. The SMILES string of the molecule is c1ccc(CCCC2CCN(SSc3nc4ccccc4s3)CC2)cc1. The first-order valence-electron chi connectivity index (χ1n) is 9.36. The minimum Gasteiger partial charge on any atom is -0.241 e. The summed E-state index contributed by atoms with van der Waals surface area (Å²) in [7, 11) is 3.71. The monoisotopic (exact) mass is 400 g/mol. The smallest absolute Gasteiger partial charge is 0.162 e. The number of hydrogen-bond acceptors (Lipinski definition) is 5. The Kier molecular flexibility index (Phi) is 6.54. The molecule has 2 aromatic carbocycles. The number of fused-ring (bicyclic) bond motifs is 1. The number of rotatable bonds is 7. The van der Waals surface area contributed by atoms with Crippen LogP contribution in [-0.4, -0.2) is 22.4 Å². The van der Waals surface area contributed by atoms with Gasteiger partial charge in [0.25, 0.3) is 0 Å². The van der Waals surface area contributed by atoms with Crippen molar-refractivity contribution in [3.05, 3.63) is 60.2 Å². The molecule has 1 saturated heterocycles. The molecule has 0 radical (unpaired) electrons. The Morgan fingerprint density at radius 2 is 1.77 bits per heavy atom. The predicted molar refractivity (Wildman–Crippen MR) is 117 cm³/mol. The molecule has 0 aliphatic carbocycles. The molecule has 3 aromatic rings. The fourth-order valence-electron chi connectivity index (χ4n) is 3.48. The number of aryl methyl sites for hydroxylation is 1. The standard InChI is InChI=1S/C21H24N2S3/c1-2-7-17(8-3-1)9-6-10-18-13-15-23(16-14-18)26-25-21-22-19-11-4-5-12-20(19)24-21/h1-5,7-8,11-12,18H,6,9-10,13-16H2. The Morgan fingerprint density at radius 3 is 2.58 bits per heavy atom. The van der Waals surface area contributed by atoms with Gasteiger partial charge in [0.15, 0.2) is 4.34 Å². The Balaban J connectivity index is 1.16. The number of benzene rings is 2. The van der Waals surface area contributed by atoms with Crippen LogP contribution in [0.3, 0.4) is 0 Å². The largest absolute Gasteiger partial charge is 0.241 e. The van der Waals surface area contributed by atoms with Crippen LogP contribution in [0.4, 0.5) is 0 Å². The molecule has 0 atom stereocenters. The summed E-state index contributed by atoms with van der Waals surface area (Å²) in [4.78, 5) is 4.72. The molecule has 136 valence electrons. The average molecular weight is 401 g/mol. The summed E-state index contributed by atoms with van der Waals surface area (Å²) < 4.78 is 4.97. The minimum atomic E-state index is 0.906. The highest BCUT2D eigenvalue weighted by molar-refractivity contribution is 8.76. The van der Waals surface area contributed by atoms with Gasteiger partial charge in [-0.15, -0.1) is 11.3 Å². The fourth-order valence-corrected chi connectivity index (χ4v) is 6.90. The van der Waals surface area contributed by atoms with Gasteiger partial charge in [-0.2, -0.15) is 0 Å². The Morgan fingerprint density at radius 1 is 1.00 bits per heavy atom. The molecule has 0 spiro atoms. The van der Waals surface area contributed by atoms with E-state index in [2.05, 4.69) is 58.9 Å². The highest BCUT2D eigenvalue weighted by Gasteiger charge is 2.20. The molecule has 1 aliphatic rings. The molecule has 2 heterocycles. The van der Waals surface area contributed by atoms with Crippen LogP contribution in [0.1, 0.15) is 31.2 Å². The predicted octanol–water partition coefficient (Wildman–Crippen LogP) is 6.69. The first-order chi connectivity index (χ1) is 12.9. The second-order valence-corrected chi connectivity index (χ2v) is 10.3. The van der Waals surface area contributed by atoms with Crippen LogP contribution in [0.25, 0.3) is 10.2 Å². The normalized spacial score (nSPS) is 16.3. The van der Waals surface area contributed by atoms with E-state index < -0.39 is 0 Å². The van der Waals surface area contributed by atoms with Gasteiger partial charge in [-0.3, -0.25) is 0 Å². The van der Waals surface area contributed by atoms with E-state index in [9.17, 15) is 0 Å². The van der Waals surface area contributed by atoms with Crippen molar-refractivity contribution in [3.8, 4) is 0 Å². The Hall–Kier alpha value is -1.01. The Labute approximate surface area is 167 Å². The summed E-state index contributed by atoms with van der Waals surface area (Å²) in [5.41, 5.74) is 2.60. The molecule has 0 saturated carbocycles. The van der Waals surface area contributed by atoms with Crippen molar-refractivity contribution in [1.82, 2.24) is 9.29 Å². The molecular formula is C21H24N2S3. The van der Waals surface area contributed by atoms with Gasteiger partial charge in [0.05, 0.1) is 10.2 Å². The number of hydrogen-bond donors (Lipinski definition) is 0. The summed E-state index contributed by atoms with van der Waals surface area (Å²) in [5.74, 6) is 0.906. The van der Waals surface area contributed by atoms with Gasteiger partial charge >= 0.3 is 0 Å². The van der Waals surface area contributed by atoms with Crippen molar-refractivity contribution in [3.63, 3.8) is 0 Å². The van der Waals surface area contributed by atoms with Crippen molar-refractivity contribution >= 4 is 43.3 Å². The van der Waals surface area contributed by atoms with Crippen LogP contribution in [-0.2, 0) is 6.42 Å². The average Bonchev–Trinajstić information content (AvgIpc) is 3.11. The van der Waals surface area contributed by atoms with Crippen LogP contribution >= 0.6 is 33.1 Å². The summed E-state index contributed by atoms with van der Waals surface area (Å²) in [5, 5.41) is 0. The molecular weight excluding hydrogens is 376 g/mol. The van der Waals surface area contributed by atoms with Crippen LogP contribution in [0, 0.1) is 5.92 Å². The minimum absolute atomic E-state index is 0.906. The van der Waals surface area contributed by atoms with Gasteiger partial charge in [-0.25, -0.2) is 9.29 Å². The highest BCUT2D eigenvalue weighted by Crippen LogP contribution is 2.40. The van der Waals surface area contributed by atoms with Crippen LogP contribution in [0.2, 0.25) is 0 Å². The topological polar surface area (TPSA) is 16.1 Å². The number of aromatic nitrogens is 1. The van der Waals surface area contributed by atoms with E-state index in [1.165, 1.54) is 59.8 Å². The molecule has 0 bridgehead atoms. The van der Waals surface area contributed by atoms with Gasteiger partial charge in [-0.05, 0) is 71.1 Å². The van der Waals surface area contributed by atoms with Crippen molar-refractivity contribution in [2.75, 3.05) is 13.1 Å². The Bertz CT molecular complexity index is 777. The van der Waals surface area contributed by atoms with Crippen LogP contribution in [0.15, 0.2) is 58.9 Å². The fraction of sp³-hybridized carbons (Fsp3) is 0.381. The molecule has 4 rings (SSSR count). The van der Waals surface area contributed by atoms with E-state index in [1.54, 1.807) is 11.3 Å². The highest BCUT2D eigenvalue weighted by atomic mass is 33.1. The first-order valence-corrected chi connectivity index (χ1v) is 12.3. The molecule has 0 unspecified atom stereocenters. The summed E-state index contributed by atoms with van der Waals surface area (Å²) >= 11 is 1.80. The second-order valence-electron chi connectivity index (χ2n) is 6.86. The zero-order valence-corrected chi connectivity index (χ0v) is 17.3. The number of piperidine rings is 1. The van der Waals surface area contributed by atoms with E-state index >= 15 is 0 Å². The zero-order chi connectivity index (χ0) is 17.6. The van der Waals surface area contributed by atoms with Gasteiger partial charge in [0.2, 0.25) is 0 Å². The third-order valence-corrected chi connectivity index (χ3v) is 8.84. The molecule has 1 fully saturated rings. The third-order valence-electron chi connectivity index (χ3n) is 4.98. The van der Waals surface area contributed by atoms with Gasteiger partial charge in [-0.1, -0.05) is 48.9 Å². The maximum Gasteiger partial charge on any atom is 0.162 e. The zero-order valence-electron chi connectivity index (χ0n) is 14.8. The van der Waals surface area contributed by atoms with Gasteiger partial charge in [0, 0.05) is 13.1 Å². The van der Waals surface area contributed by atoms with Crippen molar-refractivity contribution in [2.45, 2.75) is 36.4 Å². The van der Waals surface area contributed by atoms with E-state index in [1.807, 2.05) is 21.8 Å². The van der Waals surface area contributed by atoms with E-state index in [4.69, 9.17) is 4.98 Å². The van der Waals surface area contributed by atoms with Crippen LogP contribution in [0.5, 0.6) is 0 Å². The van der Waals surface area contributed by atoms with E-state index in [-0.39, 0.29) is 0 Å². The first kappa shape index (κ1) is 18.4. The van der Waals surface area contributed by atoms with Gasteiger partial charge < -0.3 is 0 Å². The quantitative estimate of drug-likeness (QED) is 0.324. The maximum absolute atomic E-state index is 4.72. The lowest BCUT2D eigenvalue weighted by atomic mass is 9.91. The van der Waals surface area contributed by atoms with E-state index in [0.717, 1.165) is 11.4 Å². The van der Waals surface area contributed by atoms with Gasteiger partial charge in [0.1, 0.15) is 0 Å². The molecule has 26 heavy (non-hydrogen) atoms. The maximum atomic E-state index is 4.72.